The average Bonchev–Trinajstić information content (AvgIpc) is 2.16. The molecular weight excluding hydrogens is 232 g/mol. The largest absolute Gasteiger partial charge is 0.351 e. The summed E-state index contributed by atoms with van der Waals surface area (Å²) in [4.78, 5) is 10.8. The first-order valence-corrected chi connectivity index (χ1v) is 4.73. The van der Waals surface area contributed by atoms with Crippen LogP contribution in [0.1, 0.15) is 5.56 Å². The molecule has 0 aliphatic heterocycles. The monoisotopic (exact) mass is 242 g/mol. The Morgan fingerprint density at radius 1 is 1.38 bits per heavy atom. The van der Waals surface area contributed by atoms with Gasteiger partial charge in [-0.1, -0.05) is 28.1 Å². The molecule has 1 amide bonds. The lowest BCUT2D eigenvalue weighted by Gasteiger charge is -2.03. The van der Waals surface area contributed by atoms with Crippen LogP contribution in [-0.4, -0.2) is 12.5 Å². The second kappa shape index (κ2) is 4.99. The van der Waals surface area contributed by atoms with Gasteiger partial charge in [0.25, 0.3) is 0 Å². The molecule has 0 fully saturated rings. The molecule has 3 nitrogen and oxygen atoms in total. The van der Waals surface area contributed by atoms with Gasteiger partial charge in [-0.05, 0) is 17.7 Å². The second-order valence-electron chi connectivity index (χ2n) is 2.61. The Balaban J connectivity index is 2.46. The van der Waals surface area contributed by atoms with E-state index in [-0.39, 0.29) is 12.5 Å². The average molecular weight is 243 g/mol. The number of rotatable bonds is 3. The second-order valence-corrected chi connectivity index (χ2v) is 3.52. The Kier molecular flexibility index (Phi) is 3.92. The number of hydrogen-bond donors (Lipinski definition) is 2. The van der Waals surface area contributed by atoms with Crippen LogP contribution < -0.4 is 11.1 Å². The third kappa shape index (κ3) is 3.57. The number of benzene rings is 1. The van der Waals surface area contributed by atoms with Crippen molar-refractivity contribution in [1.29, 1.82) is 0 Å². The van der Waals surface area contributed by atoms with Crippen LogP contribution in [0.4, 0.5) is 0 Å². The summed E-state index contributed by atoms with van der Waals surface area (Å²) in [7, 11) is 0. The van der Waals surface area contributed by atoms with Crippen molar-refractivity contribution in [2.75, 3.05) is 6.54 Å². The van der Waals surface area contributed by atoms with Crippen molar-refractivity contribution in [3.05, 3.63) is 34.3 Å². The van der Waals surface area contributed by atoms with Crippen molar-refractivity contribution in [2.24, 2.45) is 5.73 Å². The third-order valence-electron chi connectivity index (χ3n) is 1.59. The van der Waals surface area contributed by atoms with Crippen LogP contribution in [0.25, 0.3) is 0 Å². The highest BCUT2D eigenvalue weighted by atomic mass is 79.9. The number of nitrogens with one attached hydrogen (secondary N) is 1. The Morgan fingerprint density at radius 3 is 2.54 bits per heavy atom. The number of hydrogen-bond acceptors (Lipinski definition) is 2. The summed E-state index contributed by atoms with van der Waals surface area (Å²) in [6.07, 6.45) is 0. The standard InChI is InChI=1S/C9H11BrN2O/c10-8-3-1-7(2-4-8)6-12-9(13)5-11/h1-4H,5-6,11H2,(H,12,13). The van der Waals surface area contributed by atoms with Gasteiger partial charge in [-0.25, -0.2) is 0 Å². The molecule has 13 heavy (non-hydrogen) atoms. The Labute approximate surface area is 85.4 Å². The molecule has 0 radical (unpaired) electrons. The summed E-state index contributed by atoms with van der Waals surface area (Å²) in [5.74, 6) is -0.136. The van der Waals surface area contributed by atoms with Crippen molar-refractivity contribution in [3.8, 4) is 0 Å². The minimum atomic E-state index is -0.136. The molecule has 0 spiro atoms. The zero-order valence-electron chi connectivity index (χ0n) is 7.09. The molecule has 0 aromatic heterocycles. The predicted molar refractivity (Wildman–Crippen MR) is 55.0 cm³/mol. The van der Waals surface area contributed by atoms with Crippen molar-refractivity contribution in [1.82, 2.24) is 5.32 Å². The van der Waals surface area contributed by atoms with Gasteiger partial charge in [0.2, 0.25) is 5.91 Å². The molecule has 0 saturated heterocycles. The minimum absolute atomic E-state index is 0.0382. The zero-order valence-corrected chi connectivity index (χ0v) is 8.67. The first kappa shape index (κ1) is 10.2. The van der Waals surface area contributed by atoms with Gasteiger partial charge in [0.15, 0.2) is 0 Å². The van der Waals surface area contributed by atoms with E-state index in [1.807, 2.05) is 24.3 Å². The van der Waals surface area contributed by atoms with Crippen LogP contribution in [0.2, 0.25) is 0 Å². The van der Waals surface area contributed by atoms with Gasteiger partial charge in [-0.3, -0.25) is 4.79 Å². The lowest BCUT2D eigenvalue weighted by molar-refractivity contribution is -0.119. The lowest BCUT2D eigenvalue weighted by Crippen LogP contribution is -2.29. The van der Waals surface area contributed by atoms with Crippen LogP contribution in [0.3, 0.4) is 0 Å². The smallest absolute Gasteiger partial charge is 0.234 e. The van der Waals surface area contributed by atoms with Gasteiger partial charge in [0.1, 0.15) is 0 Å². The molecule has 1 aromatic carbocycles. The van der Waals surface area contributed by atoms with E-state index in [1.165, 1.54) is 0 Å². The van der Waals surface area contributed by atoms with Gasteiger partial charge >= 0.3 is 0 Å². The minimum Gasteiger partial charge on any atom is -0.351 e. The third-order valence-corrected chi connectivity index (χ3v) is 2.12. The summed E-state index contributed by atoms with van der Waals surface area (Å²) in [5, 5.41) is 2.69. The molecule has 0 unspecified atom stereocenters. The van der Waals surface area contributed by atoms with Crippen molar-refractivity contribution in [3.63, 3.8) is 0 Å². The van der Waals surface area contributed by atoms with E-state index in [0.717, 1.165) is 10.0 Å². The van der Waals surface area contributed by atoms with Gasteiger partial charge in [-0.15, -0.1) is 0 Å². The Hall–Kier alpha value is -0.870. The maximum Gasteiger partial charge on any atom is 0.234 e. The summed E-state index contributed by atoms with van der Waals surface area (Å²) >= 11 is 3.33. The molecule has 0 atom stereocenters. The van der Waals surface area contributed by atoms with Crippen LogP contribution in [-0.2, 0) is 11.3 Å². The maximum atomic E-state index is 10.8. The first-order chi connectivity index (χ1) is 6.22. The van der Waals surface area contributed by atoms with Crippen LogP contribution in [0, 0.1) is 0 Å². The quantitative estimate of drug-likeness (QED) is 0.832. The van der Waals surface area contributed by atoms with E-state index in [4.69, 9.17) is 5.73 Å². The number of halogens is 1. The highest BCUT2D eigenvalue weighted by molar-refractivity contribution is 9.10. The fourth-order valence-electron chi connectivity index (χ4n) is 0.875. The SMILES string of the molecule is NCC(=O)NCc1ccc(Br)cc1. The Bertz CT molecular complexity index is 284. The van der Waals surface area contributed by atoms with Crippen molar-refractivity contribution < 1.29 is 4.79 Å². The van der Waals surface area contributed by atoms with Gasteiger partial charge < -0.3 is 11.1 Å². The van der Waals surface area contributed by atoms with Crippen LogP contribution >= 0.6 is 15.9 Å². The molecule has 70 valence electrons. The van der Waals surface area contributed by atoms with E-state index in [1.54, 1.807) is 0 Å². The summed E-state index contributed by atoms with van der Waals surface area (Å²) < 4.78 is 1.03. The van der Waals surface area contributed by atoms with Crippen LogP contribution in [0.5, 0.6) is 0 Å². The number of carbonyl (C=O) groups excluding carboxylic acids is 1. The Morgan fingerprint density at radius 2 is 2.00 bits per heavy atom. The van der Waals surface area contributed by atoms with E-state index in [9.17, 15) is 4.79 Å². The van der Waals surface area contributed by atoms with E-state index in [0.29, 0.717) is 6.54 Å². The molecule has 4 heteroatoms. The topological polar surface area (TPSA) is 55.1 Å². The fraction of sp³-hybridized carbons (Fsp3) is 0.222. The molecule has 0 bridgehead atoms. The van der Waals surface area contributed by atoms with Crippen molar-refractivity contribution in [2.45, 2.75) is 6.54 Å². The number of carbonyl (C=O) groups is 1. The molecule has 1 aromatic rings. The molecule has 0 aliphatic rings. The molecule has 0 aliphatic carbocycles. The molecular formula is C9H11BrN2O. The predicted octanol–water partition coefficient (Wildman–Crippen LogP) is 1.02. The lowest BCUT2D eigenvalue weighted by atomic mass is 10.2. The summed E-state index contributed by atoms with van der Waals surface area (Å²) in [6, 6.07) is 7.76. The van der Waals surface area contributed by atoms with E-state index in [2.05, 4.69) is 21.2 Å². The highest BCUT2D eigenvalue weighted by Gasteiger charge is 1.96. The number of amides is 1. The van der Waals surface area contributed by atoms with Gasteiger partial charge in [0, 0.05) is 11.0 Å². The molecule has 1 rings (SSSR count). The van der Waals surface area contributed by atoms with Gasteiger partial charge in [-0.2, -0.15) is 0 Å². The maximum absolute atomic E-state index is 10.8. The summed E-state index contributed by atoms with van der Waals surface area (Å²) in [6.45, 7) is 0.569. The zero-order chi connectivity index (χ0) is 9.68. The van der Waals surface area contributed by atoms with E-state index < -0.39 is 0 Å². The molecule has 3 N–H and O–H groups in total. The van der Waals surface area contributed by atoms with Gasteiger partial charge in [0.05, 0.1) is 6.54 Å². The normalized spacial score (nSPS) is 9.69. The van der Waals surface area contributed by atoms with E-state index >= 15 is 0 Å². The highest BCUT2D eigenvalue weighted by Crippen LogP contribution is 2.09. The summed E-state index contributed by atoms with van der Waals surface area (Å²) in [5.41, 5.74) is 6.20. The molecule has 0 saturated carbocycles. The first-order valence-electron chi connectivity index (χ1n) is 3.93. The number of nitrogens with two attached hydrogens (primary N) is 1. The fourth-order valence-corrected chi connectivity index (χ4v) is 1.14. The van der Waals surface area contributed by atoms with Crippen LogP contribution in [0.15, 0.2) is 28.7 Å². The molecule has 0 heterocycles. The van der Waals surface area contributed by atoms with Crippen molar-refractivity contribution >= 4 is 21.8 Å².